The summed E-state index contributed by atoms with van der Waals surface area (Å²) in [4.78, 5) is 8.66. The molecule has 0 unspecified atom stereocenters. The second kappa shape index (κ2) is 6.87. The van der Waals surface area contributed by atoms with E-state index < -0.39 is 16.1 Å². The quantitative estimate of drug-likeness (QED) is 0.673. The van der Waals surface area contributed by atoms with Gasteiger partial charge in [-0.2, -0.15) is 4.31 Å². The van der Waals surface area contributed by atoms with Crippen molar-refractivity contribution >= 4 is 21.5 Å². The summed E-state index contributed by atoms with van der Waals surface area (Å²) in [7, 11) is -3.31. The molecule has 1 aliphatic heterocycles. The third-order valence-electron chi connectivity index (χ3n) is 4.65. The molecule has 27 heavy (non-hydrogen) atoms. The lowest BCUT2D eigenvalue weighted by atomic mass is 10.0. The van der Waals surface area contributed by atoms with Crippen LogP contribution in [0, 0.1) is 0 Å². The van der Waals surface area contributed by atoms with E-state index in [0.717, 1.165) is 23.2 Å². The van der Waals surface area contributed by atoms with Gasteiger partial charge in [0.25, 0.3) is 0 Å². The summed E-state index contributed by atoms with van der Waals surface area (Å²) < 4.78 is 26.3. The number of fused-ring (bicyclic) bond motifs is 1. The average Bonchev–Trinajstić information content (AvgIpc) is 3.06. The number of β-amino-alcohol motifs (C(OH)–C–C–N with tert-alkyl or cyclic N) is 1. The highest BCUT2D eigenvalue weighted by Crippen LogP contribution is 2.21. The maximum absolute atomic E-state index is 11.6. The summed E-state index contributed by atoms with van der Waals surface area (Å²) >= 11 is 0. The molecule has 9 nitrogen and oxygen atoms in total. The molecule has 10 heteroatoms. The predicted molar refractivity (Wildman–Crippen MR) is 101 cm³/mol. The normalized spacial score (nSPS) is 21.4. The summed E-state index contributed by atoms with van der Waals surface area (Å²) in [6, 6.07) is 9.18. The Labute approximate surface area is 156 Å². The first kappa shape index (κ1) is 17.8. The molecule has 3 aromatic heterocycles. The molecular formula is C17H20N6O3S. The largest absolute Gasteiger partial charge is 0.390 e. The van der Waals surface area contributed by atoms with Gasteiger partial charge in [0.05, 0.1) is 41.5 Å². The minimum Gasteiger partial charge on any atom is -0.390 e. The summed E-state index contributed by atoms with van der Waals surface area (Å²) in [5.41, 5.74) is 2.46. The van der Waals surface area contributed by atoms with Crippen LogP contribution >= 0.6 is 0 Å². The van der Waals surface area contributed by atoms with Crippen molar-refractivity contribution in [1.82, 2.24) is 23.9 Å². The van der Waals surface area contributed by atoms with E-state index in [1.165, 1.54) is 4.31 Å². The molecule has 0 bridgehead atoms. The molecule has 0 radical (unpaired) electrons. The summed E-state index contributed by atoms with van der Waals surface area (Å²) in [5.74, 6) is 0.368. The standard InChI is InChI=1S/C17H20N6O3S/c1-27(25,26)22-9-7-14(16(24)11-22)20-17-19-10-12-5-6-15(23(12)21-17)13-4-2-3-8-18-13/h2-6,8,10,14,16,24H,7,9,11H2,1H3,(H,20,21)/t14-,16-/m1/s1. The first-order valence-corrected chi connectivity index (χ1v) is 10.4. The van der Waals surface area contributed by atoms with Crippen molar-refractivity contribution in [3.05, 3.63) is 42.7 Å². The fraction of sp³-hybridized carbons (Fsp3) is 0.353. The van der Waals surface area contributed by atoms with Crippen molar-refractivity contribution in [2.24, 2.45) is 0 Å². The number of aromatic nitrogens is 4. The Morgan fingerprint density at radius 3 is 2.78 bits per heavy atom. The van der Waals surface area contributed by atoms with Crippen LogP contribution in [0.4, 0.5) is 5.95 Å². The van der Waals surface area contributed by atoms with Gasteiger partial charge in [-0.25, -0.2) is 17.9 Å². The first-order chi connectivity index (χ1) is 12.9. The molecular weight excluding hydrogens is 368 g/mol. The Hall–Kier alpha value is -2.56. The Balaban J connectivity index is 1.57. The zero-order valence-electron chi connectivity index (χ0n) is 14.7. The monoisotopic (exact) mass is 388 g/mol. The van der Waals surface area contributed by atoms with Crippen LogP contribution in [0.1, 0.15) is 6.42 Å². The van der Waals surface area contributed by atoms with Crippen LogP contribution in [0.15, 0.2) is 42.7 Å². The molecule has 2 N–H and O–H groups in total. The minimum atomic E-state index is -3.31. The van der Waals surface area contributed by atoms with E-state index in [0.29, 0.717) is 18.9 Å². The van der Waals surface area contributed by atoms with E-state index in [1.54, 1.807) is 16.9 Å². The highest BCUT2D eigenvalue weighted by atomic mass is 32.2. The highest BCUT2D eigenvalue weighted by molar-refractivity contribution is 7.88. The van der Waals surface area contributed by atoms with Gasteiger partial charge >= 0.3 is 0 Å². The fourth-order valence-electron chi connectivity index (χ4n) is 3.21. The number of hydrogen-bond donors (Lipinski definition) is 2. The van der Waals surface area contributed by atoms with Gasteiger partial charge in [0.1, 0.15) is 0 Å². The second-order valence-corrected chi connectivity index (χ2v) is 8.56. The van der Waals surface area contributed by atoms with Gasteiger partial charge in [-0.15, -0.1) is 5.10 Å². The molecule has 0 saturated carbocycles. The SMILES string of the molecule is CS(=O)(=O)N1CC[C@@H](Nc2ncc3ccc(-c4ccccn4)n3n2)[C@H](O)C1. The van der Waals surface area contributed by atoms with Crippen molar-refractivity contribution in [3.63, 3.8) is 0 Å². The van der Waals surface area contributed by atoms with Crippen molar-refractivity contribution in [3.8, 4) is 11.4 Å². The van der Waals surface area contributed by atoms with Crippen molar-refractivity contribution in [2.45, 2.75) is 18.6 Å². The summed E-state index contributed by atoms with van der Waals surface area (Å²) in [6.07, 6.45) is 4.19. The van der Waals surface area contributed by atoms with E-state index in [1.807, 2.05) is 30.3 Å². The number of hydrogen-bond acceptors (Lipinski definition) is 7. The number of rotatable bonds is 4. The molecule has 3 aromatic rings. The molecule has 4 heterocycles. The third kappa shape index (κ3) is 3.64. The Morgan fingerprint density at radius 1 is 1.22 bits per heavy atom. The zero-order valence-corrected chi connectivity index (χ0v) is 15.5. The van der Waals surface area contributed by atoms with E-state index in [-0.39, 0.29) is 12.6 Å². The van der Waals surface area contributed by atoms with Gasteiger partial charge < -0.3 is 10.4 Å². The van der Waals surface area contributed by atoms with Crippen LogP contribution in [-0.2, 0) is 10.0 Å². The molecule has 2 atom stereocenters. The van der Waals surface area contributed by atoms with Crippen molar-refractivity contribution < 1.29 is 13.5 Å². The Morgan fingerprint density at radius 2 is 2.07 bits per heavy atom. The first-order valence-electron chi connectivity index (χ1n) is 8.58. The third-order valence-corrected chi connectivity index (χ3v) is 5.92. The van der Waals surface area contributed by atoms with Gasteiger partial charge in [-0.1, -0.05) is 6.07 Å². The Bertz CT molecular complexity index is 1050. The smallest absolute Gasteiger partial charge is 0.241 e. The lowest BCUT2D eigenvalue weighted by Gasteiger charge is -2.34. The maximum atomic E-state index is 11.6. The van der Waals surface area contributed by atoms with Gasteiger partial charge in [-0.05, 0) is 30.7 Å². The summed E-state index contributed by atoms with van der Waals surface area (Å²) in [5, 5.41) is 18.0. The maximum Gasteiger partial charge on any atom is 0.241 e. The van der Waals surface area contributed by atoms with E-state index in [4.69, 9.17) is 0 Å². The lowest BCUT2D eigenvalue weighted by Crippen LogP contribution is -2.51. The van der Waals surface area contributed by atoms with Crippen LogP contribution in [0.25, 0.3) is 16.9 Å². The number of sulfonamides is 1. The van der Waals surface area contributed by atoms with E-state index >= 15 is 0 Å². The number of nitrogens with zero attached hydrogens (tertiary/aromatic N) is 5. The molecule has 1 aliphatic rings. The van der Waals surface area contributed by atoms with E-state index in [2.05, 4.69) is 20.4 Å². The number of pyridine rings is 1. The zero-order chi connectivity index (χ0) is 19.0. The molecule has 142 valence electrons. The number of aliphatic hydroxyl groups excluding tert-OH is 1. The number of anilines is 1. The number of nitrogens with one attached hydrogen (secondary N) is 1. The molecule has 0 amide bonds. The molecule has 1 fully saturated rings. The molecule has 4 rings (SSSR count). The van der Waals surface area contributed by atoms with Crippen LogP contribution in [0.5, 0.6) is 0 Å². The lowest BCUT2D eigenvalue weighted by molar-refractivity contribution is 0.0950. The molecule has 0 aromatic carbocycles. The predicted octanol–water partition coefficient (Wildman–Crippen LogP) is 0.598. The van der Waals surface area contributed by atoms with Crippen LogP contribution in [-0.4, -0.2) is 68.9 Å². The second-order valence-electron chi connectivity index (χ2n) is 6.58. The van der Waals surface area contributed by atoms with Gasteiger partial charge in [0.2, 0.25) is 16.0 Å². The van der Waals surface area contributed by atoms with Crippen LogP contribution in [0.3, 0.4) is 0 Å². The minimum absolute atomic E-state index is 0.0570. The number of aliphatic hydroxyl groups is 1. The number of piperidine rings is 1. The topological polar surface area (TPSA) is 113 Å². The van der Waals surface area contributed by atoms with E-state index in [9.17, 15) is 13.5 Å². The van der Waals surface area contributed by atoms with Gasteiger partial charge in [-0.3, -0.25) is 4.98 Å². The van der Waals surface area contributed by atoms with Crippen LogP contribution < -0.4 is 5.32 Å². The molecule has 0 spiro atoms. The van der Waals surface area contributed by atoms with Gasteiger partial charge in [0, 0.05) is 19.3 Å². The highest BCUT2D eigenvalue weighted by Gasteiger charge is 2.32. The Kier molecular flexibility index (Phi) is 4.54. The average molecular weight is 388 g/mol. The van der Waals surface area contributed by atoms with Crippen LogP contribution in [0.2, 0.25) is 0 Å². The molecule has 1 saturated heterocycles. The molecule has 0 aliphatic carbocycles. The summed E-state index contributed by atoms with van der Waals surface area (Å²) in [6.45, 7) is 0.403. The van der Waals surface area contributed by atoms with Crippen molar-refractivity contribution in [2.75, 3.05) is 24.7 Å². The van der Waals surface area contributed by atoms with Gasteiger partial charge in [0.15, 0.2) is 0 Å². The van der Waals surface area contributed by atoms with Crippen molar-refractivity contribution in [1.29, 1.82) is 0 Å². The fourth-order valence-corrected chi connectivity index (χ4v) is 4.07.